The third-order valence-electron chi connectivity index (χ3n) is 4.21. The molecular weight excluding hydrogens is 307 g/mol. The van der Waals surface area contributed by atoms with Gasteiger partial charge in [0.1, 0.15) is 0 Å². The molecule has 1 aliphatic rings. The van der Waals surface area contributed by atoms with E-state index in [9.17, 15) is 18.3 Å². The highest BCUT2D eigenvalue weighted by molar-refractivity contribution is 5.49. The zero-order valence-electron chi connectivity index (χ0n) is 12.5. The molecule has 2 atom stereocenters. The molecule has 1 fully saturated rings. The number of aryl methyl sites for hydroxylation is 1. The molecule has 0 aliphatic carbocycles. The van der Waals surface area contributed by atoms with Gasteiger partial charge >= 0.3 is 6.18 Å². The Morgan fingerprint density at radius 1 is 1.22 bits per heavy atom. The van der Waals surface area contributed by atoms with Crippen molar-refractivity contribution in [2.45, 2.75) is 25.1 Å². The Bertz CT molecular complexity index is 691. The third kappa shape index (κ3) is 2.88. The molecule has 4 nitrogen and oxygen atoms in total. The number of alkyl halides is 3. The minimum absolute atomic E-state index is 0.0300. The Labute approximate surface area is 131 Å². The number of rotatable bonds is 3. The van der Waals surface area contributed by atoms with Crippen LogP contribution < -0.4 is 4.90 Å². The van der Waals surface area contributed by atoms with Crippen molar-refractivity contribution in [3.05, 3.63) is 53.2 Å². The average Bonchev–Trinajstić information content (AvgIpc) is 2.46. The van der Waals surface area contributed by atoms with E-state index < -0.39 is 11.9 Å². The molecule has 2 aromatic rings. The number of nitrogens with zero attached hydrogens (tertiary/aromatic N) is 3. The van der Waals surface area contributed by atoms with E-state index >= 15 is 0 Å². The van der Waals surface area contributed by atoms with Crippen molar-refractivity contribution in [2.75, 3.05) is 18.1 Å². The number of aliphatic hydroxyl groups excluding tert-OH is 1. The van der Waals surface area contributed by atoms with Crippen LogP contribution in [-0.2, 0) is 6.18 Å². The van der Waals surface area contributed by atoms with Crippen LogP contribution in [0.1, 0.15) is 22.7 Å². The Hall–Kier alpha value is -2.15. The molecule has 1 N–H and O–H groups in total. The molecule has 0 saturated carbocycles. The van der Waals surface area contributed by atoms with Crippen molar-refractivity contribution in [2.24, 2.45) is 0 Å². The maximum atomic E-state index is 12.7. The van der Waals surface area contributed by atoms with E-state index in [-0.39, 0.29) is 24.1 Å². The van der Waals surface area contributed by atoms with Crippen LogP contribution in [0.15, 0.2) is 36.4 Å². The van der Waals surface area contributed by atoms with Crippen LogP contribution in [0.5, 0.6) is 0 Å². The molecule has 0 unspecified atom stereocenters. The van der Waals surface area contributed by atoms with Gasteiger partial charge < -0.3 is 10.0 Å². The summed E-state index contributed by atoms with van der Waals surface area (Å²) in [5.41, 5.74) is 0.156. The van der Waals surface area contributed by atoms with Gasteiger partial charge in [-0.25, -0.2) is 0 Å². The zero-order chi connectivity index (χ0) is 16.6. The quantitative estimate of drug-likeness (QED) is 0.944. The van der Waals surface area contributed by atoms with Crippen molar-refractivity contribution >= 4 is 5.82 Å². The standard InChI is InChI=1S/C16H16F3N3O/c1-10-7-14(20-21-15(10)16(17,18)19)22-8-12(13(22)9-23)11-5-3-2-4-6-11/h2-7,12-13,23H,8-9H2,1H3/t12-,13-/m1/s1. The Balaban J connectivity index is 1.82. The van der Waals surface area contributed by atoms with E-state index in [1.54, 1.807) is 4.90 Å². The molecule has 7 heteroatoms. The lowest BCUT2D eigenvalue weighted by atomic mass is 9.83. The van der Waals surface area contributed by atoms with Crippen molar-refractivity contribution in [1.82, 2.24) is 10.2 Å². The van der Waals surface area contributed by atoms with Crippen LogP contribution in [0.25, 0.3) is 0 Å². The highest BCUT2D eigenvalue weighted by Gasteiger charge is 2.41. The molecule has 1 aromatic carbocycles. The molecule has 3 rings (SSSR count). The molecule has 1 aliphatic heterocycles. The minimum atomic E-state index is -4.51. The van der Waals surface area contributed by atoms with E-state index in [1.165, 1.54) is 13.0 Å². The van der Waals surface area contributed by atoms with Crippen molar-refractivity contribution < 1.29 is 18.3 Å². The number of benzene rings is 1. The topological polar surface area (TPSA) is 49.2 Å². The molecule has 0 amide bonds. The monoisotopic (exact) mass is 323 g/mol. The number of halogens is 3. The van der Waals surface area contributed by atoms with Gasteiger partial charge in [-0.15, -0.1) is 10.2 Å². The van der Waals surface area contributed by atoms with Crippen molar-refractivity contribution in [3.8, 4) is 0 Å². The molecule has 2 heterocycles. The lowest BCUT2D eigenvalue weighted by Crippen LogP contribution is -2.57. The molecule has 1 saturated heterocycles. The maximum absolute atomic E-state index is 12.7. The summed E-state index contributed by atoms with van der Waals surface area (Å²) in [6, 6.07) is 10.9. The largest absolute Gasteiger partial charge is 0.435 e. The van der Waals surface area contributed by atoms with Crippen molar-refractivity contribution in [1.29, 1.82) is 0 Å². The lowest BCUT2D eigenvalue weighted by molar-refractivity contribution is -0.142. The fourth-order valence-electron chi connectivity index (χ4n) is 2.96. The number of hydrogen-bond donors (Lipinski definition) is 1. The molecular formula is C16H16F3N3O. The van der Waals surface area contributed by atoms with Gasteiger partial charge in [0.2, 0.25) is 0 Å². The number of aromatic nitrogens is 2. The number of hydrogen-bond acceptors (Lipinski definition) is 4. The summed E-state index contributed by atoms with van der Waals surface area (Å²) in [4.78, 5) is 1.79. The van der Waals surface area contributed by atoms with Gasteiger partial charge in [-0.05, 0) is 24.1 Å². The van der Waals surface area contributed by atoms with Gasteiger partial charge in [-0.1, -0.05) is 30.3 Å². The lowest BCUT2D eigenvalue weighted by Gasteiger charge is -2.48. The number of anilines is 1. The van der Waals surface area contributed by atoms with Gasteiger partial charge in [0, 0.05) is 12.5 Å². The molecule has 1 aromatic heterocycles. The minimum Gasteiger partial charge on any atom is -0.394 e. The predicted molar refractivity (Wildman–Crippen MR) is 79.2 cm³/mol. The van der Waals surface area contributed by atoms with E-state index in [0.29, 0.717) is 12.4 Å². The molecule has 0 radical (unpaired) electrons. The maximum Gasteiger partial charge on any atom is 0.435 e. The summed E-state index contributed by atoms with van der Waals surface area (Å²) in [5, 5.41) is 16.7. The molecule has 0 spiro atoms. The summed E-state index contributed by atoms with van der Waals surface area (Å²) in [5.74, 6) is 0.493. The average molecular weight is 323 g/mol. The second-order valence-corrected chi connectivity index (χ2v) is 5.65. The predicted octanol–water partition coefficient (Wildman–Crippen LogP) is 2.77. The molecule has 0 bridgehead atoms. The normalized spacial score (nSPS) is 21.2. The molecule has 23 heavy (non-hydrogen) atoms. The molecule has 122 valence electrons. The van der Waals surface area contributed by atoms with E-state index in [4.69, 9.17) is 0 Å². The first kappa shape index (κ1) is 15.7. The van der Waals surface area contributed by atoms with Crippen LogP contribution in [0.2, 0.25) is 0 Å². The summed E-state index contributed by atoms with van der Waals surface area (Å²) in [6.45, 7) is 1.86. The van der Waals surface area contributed by atoms with E-state index in [2.05, 4.69) is 10.2 Å². The Morgan fingerprint density at radius 3 is 2.48 bits per heavy atom. The van der Waals surface area contributed by atoms with Gasteiger partial charge in [0.05, 0.1) is 12.6 Å². The van der Waals surface area contributed by atoms with Crippen molar-refractivity contribution in [3.63, 3.8) is 0 Å². The smallest absolute Gasteiger partial charge is 0.394 e. The van der Waals surface area contributed by atoms with Crippen LogP contribution in [-0.4, -0.2) is 34.5 Å². The highest BCUT2D eigenvalue weighted by Crippen LogP contribution is 2.38. The van der Waals surface area contributed by atoms with Gasteiger partial charge in [0.15, 0.2) is 11.5 Å². The van der Waals surface area contributed by atoms with E-state index in [0.717, 1.165) is 5.56 Å². The fraction of sp³-hybridized carbons (Fsp3) is 0.375. The van der Waals surface area contributed by atoms with Gasteiger partial charge in [0.25, 0.3) is 0 Å². The second kappa shape index (κ2) is 5.81. The fourth-order valence-corrected chi connectivity index (χ4v) is 2.96. The van der Waals surface area contributed by atoms with Gasteiger partial charge in [-0.2, -0.15) is 13.2 Å². The van der Waals surface area contributed by atoms with E-state index in [1.807, 2.05) is 30.3 Å². The van der Waals surface area contributed by atoms with Crippen LogP contribution in [0, 0.1) is 6.92 Å². The van der Waals surface area contributed by atoms with Crippen LogP contribution in [0.4, 0.5) is 19.0 Å². The summed E-state index contributed by atoms with van der Waals surface area (Å²) in [6.07, 6.45) is -4.51. The highest BCUT2D eigenvalue weighted by atomic mass is 19.4. The SMILES string of the molecule is Cc1cc(N2C[C@H](c3ccccc3)[C@H]2CO)nnc1C(F)(F)F. The second-order valence-electron chi connectivity index (χ2n) is 5.65. The Kier molecular flexibility index (Phi) is 3.97. The van der Waals surface area contributed by atoms with Crippen LogP contribution >= 0.6 is 0 Å². The summed E-state index contributed by atoms with van der Waals surface area (Å²) in [7, 11) is 0. The van der Waals surface area contributed by atoms with Gasteiger partial charge in [-0.3, -0.25) is 0 Å². The first-order valence-electron chi connectivity index (χ1n) is 7.25. The summed E-state index contributed by atoms with van der Waals surface area (Å²) >= 11 is 0. The zero-order valence-corrected chi connectivity index (χ0v) is 12.5. The first-order chi connectivity index (χ1) is 10.9. The van der Waals surface area contributed by atoms with Crippen LogP contribution in [0.3, 0.4) is 0 Å². The Morgan fingerprint density at radius 2 is 1.91 bits per heavy atom. The third-order valence-corrected chi connectivity index (χ3v) is 4.21. The number of aliphatic hydroxyl groups is 1. The summed E-state index contributed by atoms with van der Waals surface area (Å²) < 4.78 is 38.2. The first-order valence-corrected chi connectivity index (χ1v) is 7.25.